The zero-order chi connectivity index (χ0) is 27.0. The molecule has 0 saturated heterocycles. The Kier molecular flexibility index (Phi) is 7.31. The van der Waals surface area contributed by atoms with E-state index in [0.717, 1.165) is 37.8 Å². The van der Waals surface area contributed by atoms with Gasteiger partial charge in [-0.05, 0) is 61.3 Å². The molecule has 2 heterocycles. The summed E-state index contributed by atoms with van der Waals surface area (Å²) in [5.74, 6) is 0.321. The van der Waals surface area contributed by atoms with Crippen LogP contribution in [0.25, 0.3) is 11.0 Å². The van der Waals surface area contributed by atoms with Crippen molar-refractivity contribution in [1.82, 2.24) is 24.6 Å². The predicted octanol–water partition coefficient (Wildman–Crippen LogP) is 3.59. The van der Waals surface area contributed by atoms with E-state index in [1.165, 1.54) is 27.7 Å². The third kappa shape index (κ3) is 5.79. The number of nitrogens with zero attached hydrogens (tertiary/aromatic N) is 4. The summed E-state index contributed by atoms with van der Waals surface area (Å²) in [5, 5.41) is 19.8. The fourth-order valence-corrected chi connectivity index (χ4v) is 4.84. The second-order valence-corrected chi connectivity index (χ2v) is 10.3. The second kappa shape index (κ2) is 10.2. The molecule has 3 N–H and O–H groups in total. The number of fused-ring (bicyclic) bond motifs is 1. The summed E-state index contributed by atoms with van der Waals surface area (Å²) >= 11 is 0. The number of hydrogen-bond acceptors (Lipinski definition) is 6. The molecule has 0 radical (unpaired) electrons. The highest BCUT2D eigenvalue weighted by Crippen LogP contribution is 2.38. The number of halogens is 3. The number of carbonyl (C=O) groups excluding carboxylic acids is 1. The minimum Gasteiger partial charge on any atom is -0.396 e. The van der Waals surface area contributed by atoms with Gasteiger partial charge in [-0.15, -0.1) is 0 Å². The quantitative estimate of drug-likeness (QED) is 0.439. The molecular formula is C25H31F3N6O3. The van der Waals surface area contributed by atoms with Gasteiger partial charge in [-0.25, -0.2) is 4.98 Å². The van der Waals surface area contributed by atoms with E-state index in [1.54, 1.807) is 7.05 Å². The summed E-state index contributed by atoms with van der Waals surface area (Å²) in [5.41, 5.74) is -0.609. The summed E-state index contributed by atoms with van der Waals surface area (Å²) in [6, 6.07) is 4.46. The number of benzene rings is 1. The number of nitrogens with one attached hydrogen (secondary N) is 2. The maximum absolute atomic E-state index is 13.1. The van der Waals surface area contributed by atoms with Crippen LogP contribution in [-0.2, 0) is 24.6 Å². The Bertz CT molecular complexity index is 1320. The van der Waals surface area contributed by atoms with Gasteiger partial charge in [-0.2, -0.15) is 18.3 Å². The van der Waals surface area contributed by atoms with Crippen LogP contribution in [0.3, 0.4) is 0 Å². The Morgan fingerprint density at radius 2 is 1.78 bits per heavy atom. The van der Waals surface area contributed by atoms with E-state index in [4.69, 9.17) is 0 Å². The lowest BCUT2D eigenvalue weighted by Gasteiger charge is -2.38. The van der Waals surface area contributed by atoms with Crippen molar-refractivity contribution in [2.24, 2.45) is 18.4 Å². The lowest BCUT2D eigenvalue weighted by atomic mass is 9.70. The van der Waals surface area contributed by atoms with E-state index in [2.05, 4.69) is 34.6 Å². The summed E-state index contributed by atoms with van der Waals surface area (Å²) in [6.07, 6.45) is 0.279. The van der Waals surface area contributed by atoms with Crippen molar-refractivity contribution in [3.63, 3.8) is 0 Å². The van der Waals surface area contributed by atoms with Crippen LogP contribution < -0.4 is 16.2 Å². The van der Waals surface area contributed by atoms with E-state index in [1.807, 2.05) is 0 Å². The van der Waals surface area contributed by atoms with Gasteiger partial charge in [0.05, 0.1) is 11.9 Å². The number of aliphatic hydroxyl groups is 1. The lowest BCUT2D eigenvalue weighted by molar-refractivity contribution is -0.137. The SMILES string of the molecule is Cn1nc(Nc2ccc(C(F)(F)F)cc2)c2ncn(CC(=O)N[C@H]3CC[C@H](C(C)(C)CO)CC3)c(=O)c21. The first kappa shape index (κ1) is 26.6. The number of aromatic nitrogens is 4. The Morgan fingerprint density at radius 1 is 1.14 bits per heavy atom. The number of anilines is 2. The monoisotopic (exact) mass is 520 g/mol. The zero-order valence-electron chi connectivity index (χ0n) is 21.0. The van der Waals surface area contributed by atoms with Crippen LogP contribution in [-0.4, -0.2) is 43.0 Å². The van der Waals surface area contributed by atoms with E-state index in [9.17, 15) is 27.9 Å². The van der Waals surface area contributed by atoms with Crippen LogP contribution in [0.2, 0.25) is 0 Å². The van der Waals surface area contributed by atoms with Gasteiger partial charge in [0.25, 0.3) is 5.56 Å². The summed E-state index contributed by atoms with van der Waals surface area (Å²) < 4.78 is 41.0. The van der Waals surface area contributed by atoms with Gasteiger partial charge in [0.15, 0.2) is 11.3 Å². The third-order valence-electron chi connectivity index (χ3n) is 7.21. The maximum atomic E-state index is 13.1. The first-order valence-electron chi connectivity index (χ1n) is 12.2. The number of rotatable bonds is 7. The van der Waals surface area contributed by atoms with Crippen molar-refractivity contribution in [2.75, 3.05) is 11.9 Å². The molecule has 0 spiro atoms. The molecule has 0 aliphatic heterocycles. The molecule has 37 heavy (non-hydrogen) atoms. The van der Waals surface area contributed by atoms with E-state index in [0.29, 0.717) is 11.6 Å². The van der Waals surface area contributed by atoms with Crippen molar-refractivity contribution in [1.29, 1.82) is 0 Å². The van der Waals surface area contributed by atoms with E-state index < -0.39 is 17.3 Å². The topological polar surface area (TPSA) is 114 Å². The molecule has 0 bridgehead atoms. The fourth-order valence-electron chi connectivity index (χ4n) is 4.84. The number of alkyl halides is 3. The highest BCUT2D eigenvalue weighted by Gasteiger charge is 2.33. The highest BCUT2D eigenvalue weighted by molar-refractivity contribution is 5.87. The molecule has 200 valence electrons. The molecule has 4 rings (SSSR count). The average molecular weight is 521 g/mol. The molecule has 1 fully saturated rings. The normalized spacial score (nSPS) is 18.7. The summed E-state index contributed by atoms with van der Waals surface area (Å²) in [6.45, 7) is 4.03. The third-order valence-corrected chi connectivity index (χ3v) is 7.21. The van der Waals surface area contributed by atoms with Crippen LogP contribution in [0.5, 0.6) is 0 Å². The number of aliphatic hydroxyl groups excluding tert-OH is 1. The van der Waals surface area contributed by atoms with Crippen molar-refractivity contribution in [3.05, 3.63) is 46.5 Å². The van der Waals surface area contributed by atoms with Crippen LogP contribution in [0.15, 0.2) is 35.4 Å². The Hall–Kier alpha value is -3.41. The molecule has 1 aliphatic carbocycles. The molecule has 2 aromatic heterocycles. The first-order chi connectivity index (χ1) is 17.4. The lowest BCUT2D eigenvalue weighted by Crippen LogP contribution is -2.42. The standard InChI is InChI=1S/C25H31F3N6O3/c1-24(2,13-35)15-4-8-17(9-5-15)30-19(36)12-34-14-29-20-21(23(34)37)33(3)32-22(20)31-18-10-6-16(7-11-18)25(26,27)28/h6-7,10-11,14-15,17,35H,4-5,8-9,12-13H2,1-3H3,(H,30,36)(H,31,32)/t15-,17-. The fraction of sp³-hybridized carbons (Fsp3) is 0.520. The zero-order valence-corrected chi connectivity index (χ0v) is 21.0. The van der Waals surface area contributed by atoms with Gasteiger partial charge in [0.1, 0.15) is 12.1 Å². The smallest absolute Gasteiger partial charge is 0.396 e. The summed E-state index contributed by atoms with van der Waals surface area (Å²) in [4.78, 5) is 30.1. The molecule has 1 aliphatic rings. The molecule has 9 nitrogen and oxygen atoms in total. The van der Waals surface area contributed by atoms with Crippen molar-refractivity contribution < 1.29 is 23.1 Å². The largest absolute Gasteiger partial charge is 0.416 e. The van der Waals surface area contributed by atoms with Gasteiger partial charge in [-0.3, -0.25) is 18.8 Å². The predicted molar refractivity (Wildman–Crippen MR) is 132 cm³/mol. The van der Waals surface area contributed by atoms with Gasteiger partial charge in [0, 0.05) is 25.4 Å². The molecule has 0 atom stereocenters. The molecule has 12 heteroatoms. The van der Waals surface area contributed by atoms with Gasteiger partial charge in [0.2, 0.25) is 5.91 Å². The van der Waals surface area contributed by atoms with Gasteiger partial charge >= 0.3 is 6.18 Å². The highest BCUT2D eigenvalue weighted by atomic mass is 19.4. The van der Waals surface area contributed by atoms with Gasteiger partial charge in [-0.1, -0.05) is 13.8 Å². The van der Waals surface area contributed by atoms with Crippen LogP contribution in [0.1, 0.15) is 45.1 Å². The number of amides is 1. The maximum Gasteiger partial charge on any atom is 0.416 e. The molecular weight excluding hydrogens is 489 g/mol. The summed E-state index contributed by atoms with van der Waals surface area (Å²) in [7, 11) is 1.56. The molecule has 1 amide bonds. The van der Waals surface area contributed by atoms with E-state index in [-0.39, 0.29) is 47.4 Å². The van der Waals surface area contributed by atoms with Crippen LogP contribution in [0.4, 0.5) is 24.7 Å². The minimum absolute atomic E-state index is 0.0156. The first-order valence-corrected chi connectivity index (χ1v) is 12.2. The minimum atomic E-state index is -4.44. The Morgan fingerprint density at radius 3 is 2.38 bits per heavy atom. The van der Waals surface area contributed by atoms with Crippen molar-refractivity contribution in [3.8, 4) is 0 Å². The molecule has 0 unspecified atom stereocenters. The van der Waals surface area contributed by atoms with Crippen LogP contribution in [0, 0.1) is 11.3 Å². The Labute approximate surface area is 211 Å². The molecule has 1 saturated carbocycles. The Balaban J connectivity index is 1.43. The van der Waals surface area contributed by atoms with Gasteiger partial charge < -0.3 is 15.7 Å². The molecule has 1 aromatic carbocycles. The second-order valence-electron chi connectivity index (χ2n) is 10.3. The van der Waals surface area contributed by atoms with Crippen molar-refractivity contribution >= 4 is 28.4 Å². The van der Waals surface area contributed by atoms with Crippen LogP contribution >= 0.6 is 0 Å². The number of carbonyl (C=O) groups is 1. The average Bonchev–Trinajstić information content (AvgIpc) is 3.16. The molecule has 3 aromatic rings. The number of aryl methyl sites for hydroxylation is 1. The van der Waals surface area contributed by atoms with E-state index >= 15 is 0 Å². The van der Waals surface area contributed by atoms with Crippen molar-refractivity contribution in [2.45, 2.75) is 58.3 Å². The number of hydrogen-bond donors (Lipinski definition) is 3.